The van der Waals surface area contributed by atoms with Gasteiger partial charge >= 0.3 is 0 Å². The van der Waals surface area contributed by atoms with E-state index >= 15 is 0 Å². The average molecular weight is 193 g/mol. The number of rotatable bonds is 4. The van der Waals surface area contributed by atoms with E-state index in [2.05, 4.69) is 25.3 Å². The molecule has 0 saturated heterocycles. The summed E-state index contributed by atoms with van der Waals surface area (Å²) >= 11 is 0. The summed E-state index contributed by atoms with van der Waals surface area (Å²) in [6.45, 7) is 0.171. The van der Waals surface area contributed by atoms with Crippen molar-refractivity contribution in [2.24, 2.45) is 5.11 Å². The SMILES string of the molecule is N=[N+]=NCC(=O)NCc1cnccn1. The van der Waals surface area contributed by atoms with Gasteiger partial charge in [0.2, 0.25) is 17.4 Å². The maximum Gasteiger partial charge on any atom is 0.249 e. The molecular weight excluding hydrogens is 184 g/mol. The smallest absolute Gasteiger partial charge is 0.249 e. The zero-order valence-electron chi connectivity index (χ0n) is 7.34. The zero-order valence-corrected chi connectivity index (χ0v) is 7.34. The summed E-state index contributed by atoms with van der Waals surface area (Å²) in [5, 5.41) is 5.78. The van der Waals surface area contributed by atoms with Crippen molar-refractivity contribution in [2.45, 2.75) is 6.54 Å². The third-order valence-electron chi connectivity index (χ3n) is 1.37. The normalized spacial score (nSPS) is 8.86. The quantitative estimate of drug-likeness (QED) is 0.504. The molecular formula is C7H9N6O+. The maximum absolute atomic E-state index is 11.0. The minimum Gasteiger partial charge on any atom is -0.349 e. The maximum atomic E-state index is 11.0. The molecule has 7 nitrogen and oxygen atoms in total. The molecule has 14 heavy (non-hydrogen) atoms. The monoisotopic (exact) mass is 193 g/mol. The van der Waals surface area contributed by atoms with Gasteiger partial charge in [0.1, 0.15) is 10.6 Å². The van der Waals surface area contributed by atoms with Crippen molar-refractivity contribution in [2.75, 3.05) is 6.54 Å². The van der Waals surface area contributed by atoms with Gasteiger partial charge in [-0.1, -0.05) is 0 Å². The molecule has 0 saturated carbocycles. The van der Waals surface area contributed by atoms with Gasteiger partial charge in [0.25, 0.3) is 0 Å². The molecule has 1 rings (SSSR count). The first kappa shape index (κ1) is 9.94. The minimum atomic E-state index is -0.299. The van der Waals surface area contributed by atoms with Crippen molar-refractivity contribution in [3.63, 3.8) is 0 Å². The predicted octanol–water partition coefficient (Wildman–Crippen LogP) is -0.357. The topological polar surface area (TPSA) is 105 Å². The average Bonchev–Trinajstić information content (AvgIpc) is 2.25. The lowest BCUT2D eigenvalue weighted by Crippen LogP contribution is -2.25. The van der Waals surface area contributed by atoms with Gasteiger partial charge in [-0.25, -0.2) is 0 Å². The molecule has 7 heteroatoms. The Morgan fingerprint density at radius 2 is 2.50 bits per heavy atom. The first-order chi connectivity index (χ1) is 6.83. The molecule has 0 unspecified atom stereocenters. The molecule has 0 fully saturated rings. The highest BCUT2D eigenvalue weighted by atomic mass is 16.1. The van der Waals surface area contributed by atoms with Gasteiger partial charge in [-0.3, -0.25) is 14.8 Å². The van der Waals surface area contributed by atoms with E-state index in [1.807, 2.05) is 0 Å². The molecule has 0 spiro atoms. The van der Waals surface area contributed by atoms with Crippen LogP contribution in [0.25, 0.3) is 0 Å². The van der Waals surface area contributed by atoms with Crippen LogP contribution in [0.1, 0.15) is 5.69 Å². The molecule has 0 aliphatic rings. The second-order valence-corrected chi connectivity index (χ2v) is 2.37. The van der Waals surface area contributed by atoms with Crippen LogP contribution in [0, 0.1) is 5.53 Å². The molecule has 0 bridgehead atoms. The number of carbonyl (C=O) groups excluding carboxylic acids is 1. The highest BCUT2D eigenvalue weighted by Gasteiger charge is 2.02. The largest absolute Gasteiger partial charge is 0.349 e. The van der Waals surface area contributed by atoms with Crippen LogP contribution in [-0.2, 0) is 11.3 Å². The minimum absolute atomic E-state index is 0.135. The third-order valence-corrected chi connectivity index (χ3v) is 1.37. The van der Waals surface area contributed by atoms with Crippen molar-refractivity contribution < 1.29 is 4.79 Å². The van der Waals surface area contributed by atoms with E-state index in [0.717, 1.165) is 0 Å². The Hall–Kier alpha value is -2.14. The number of amides is 1. The van der Waals surface area contributed by atoms with Crippen LogP contribution < -0.4 is 10.2 Å². The lowest BCUT2D eigenvalue weighted by molar-refractivity contribution is -0.119. The second-order valence-electron chi connectivity index (χ2n) is 2.37. The molecule has 0 radical (unpaired) electrons. The molecule has 0 aliphatic carbocycles. The zero-order chi connectivity index (χ0) is 10.2. The van der Waals surface area contributed by atoms with Crippen LogP contribution in [-0.4, -0.2) is 22.4 Å². The van der Waals surface area contributed by atoms with Gasteiger partial charge in [0.05, 0.1) is 18.4 Å². The highest BCUT2D eigenvalue weighted by Crippen LogP contribution is 1.88. The lowest BCUT2D eigenvalue weighted by atomic mass is 10.4. The molecule has 1 heterocycles. The van der Waals surface area contributed by atoms with Crippen molar-refractivity contribution in [3.8, 4) is 0 Å². The van der Waals surface area contributed by atoms with Gasteiger partial charge in [0, 0.05) is 12.4 Å². The third kappa shape index (κ3) is 3.51. The van der Waals surface area contributed by atoms with Crippen molar-refractivity contribution in [3.05, 3.63) is 24.3 Å². The van der Waals surface area contributed by atoms with E-state index < -0.39 is 0 Å². The fraction of sp³-hybridized carbons (Fsp3) is 0.286. The van der Waals surface area contributed by atoms with Crippen LogP contribution in [0.3, 0.4) is 0 Å². The van der Waals surface area contributed by atoms with Crippen LogP contribution in [0.5, 0.6) is 0 Å². The van der Waals surface area contributed by atoms with Crippen molar-refractivity contribution >= 4 is 5.91 Å². The molecule has 0 atom stereocenters. The number of hydrogen-bond acceptors (Lipinski definition) is 5. The number of nitrogens with zero attached hydrogens (tertiary/aromatic N) is 4. The fourth-order valence-electron chi connectivity index (χ4n) is 0.766. The molecule has 0 aromatic carbocycles. The fourth-order valence-corrected chi connectivity index (χ4v) is 0.766. The first-order valence-corrected chi connectivity index (χ1v) is 3.87. The summed E-state index contributed by atoms with van der Waals surface area (Å²) < 4.78 is 0. The second kappa shape index (κ2) is 5.50. The van der Waals surface area contributed by atoms with Crippen molar-refractivity contribution in [1.29, 1.82) is 5.53 Å². The van der Waals surface area contributed by atoms with Gasteiger partial charge in [0.15, 0.2) is 0 Å². The van der Waals surface area contributed by atoms with Gasteiger partial charge in [-0.05, 0) is 0 Å². The van der Waals surface area contributed by atoms with Gasteiger partial charge < -0.3 is 5.32 Å². The molecule has 1 aromatic heterocycles. The van der Waals surface area contributed by atoms with Crippen LogP contribution in [0.2, 0.25) is 0 Å². The highest BCUT2D eigenvalue weighted by molar-refractivity contribution is 5.77. The summed E-state index contributed by atoms with van der Waals surface area (Å²) in [6, 6.07) is 0. The van der Waals surface area contributed by atoms with Crippen molar-refractivity contribution in [1.82, 2.24) is 20.2 Å². The Balaban J connectivity index is 2.34. The van der Waals surface area contributed by atoms with Crippen LogP contribution in [0.4, 0.5) is 0 Å². The Labute approximate surface area is 79.8 Å². The number of nitrogens with one attached hydrogen (secondary N) is 2. The standard InChI is InChI=1S/C7H8N6O/c8-13-12-5-7(14)11-4-6-3-9-1-2-10-6/h1-3,8H,4-5H2/p+1. The summed E-state index contributed by atoms with van der Waals surface area (Å²) in [7, 11) is 0. The molecule has 1 aromatic rings. The lowest BCUT2D eigenvalue weighted by Gasteiger charge is -1.99. The first-order valence-electron chi connectivity index (χ1n) is 3.87. The van der Waals surface area contributed by atoms with E-state index in [1.54, 1.807) is 18.6 Å². The number of hydrogen-bond donors (Lipinski definition) is 2. The number of carbonyl (C=O) groups is 1. The predicted molar refractivity (Wildman–Crippen MR) is 46.0 cm³/mol. The van der Waals surface area contributed by atoms with Crippen LogP contribution >= 0.6 is 0 Å². The summed E-state index contributed by atoms with van der Waals surface area (Å²) in [4.78, 5) is 21.5. The number of aromatic nitrogens is 2. The van der Waals surface area contributed by atoms with E-state index in [9.17, 15) is 4.79 Å². The van der Waals surface area contributed by atoms with Gasteiger partial charge in [-0.2, -0.15) is 0 Å². The Morgan fingerprint density at radius 3 is 3.14 bits per heavy atom. The Bertz CT molecular complexity index is 344. The van der Waals surface area contributed by atoms with Gasteiger partial charge in [-0.15, -0.1) is 0 Å². The Morgan fingerprint density at radius 1 is 1.64 bits per heavy atom. The molecule has 72 valence electrons. The summed E-state index contributed by atoms with van der Waals surface area (Å²) in [6.07, 6.45) is 4.66. The molecule has 1 amide bonds. The summed E-state index contributed by atoms with van der Waals surface area (Å²) in [5.41, 5.74) is 7.02. The Kier molecular flexibility index (Phi) is 3.90. The van der Waals surface area contributed by atoms with E-state index in [4.69, 9.17) is 5.53 Å². The van der Waals surface area contributed by atoms with E-state index in [-0.39, 0.29) is 12.5 Å². The van der Waals surface area contributed by atoms with Crippen LogP contribution in [0.15, 0.2) is 23.7 Å². The molecule has 0 aliphatic heterocycles. The van der Waals surface area contributed by atoms with E-state index in [1.165, 1.54) is 0 Å². The van der Waals surface area contributed by atoms with E-state index in [0.29, 0.717) is 12.2 Å². The summed E-state index contributed by atoms with van der Waals surface area (Å²) in [5.74, 6) is -0.299. The molecule has 2 N–H and O–H groups in total.